The first-order valence-corrected chi connectivity index (χ1v) is 8.61. The molecule has 1 amide bonds. The number of amides is 1. The maximum atomic E-state index is 13.1. The van der Waals surface area contributed by atoms with Gasteiger partial charge in [-0.25, -0.2) is 0 Å². The number of nitrogens with zero attached hydrogens (tertiary/aromatic N) is 2. The zero-order valence-corrected chi connectivity index (χ0v) is 14.6. The van der Waals surface area contributed by atoms with Crippen molar-refractivity contribution in [2.75, 3.05) is 5.01 Å². The Kier molecular flexibility index (Phi) is 4.38. The molecule has 3 aromatic carbocycles. The van der Waals surface area contributed by atoms with Crippen LogP contribution in [0.2, 0.25) is 5.02 Å². The fourth-order valence-electron chi connectivity index (χ4n) is 2.82. The molecule has 0 unspecified atom stereocenters. The highest BCUT2D eigenvalue weighted by molar-refractivity contribution is 6.37. The van der Waals surface area contributed by atoms with Gasteiger partial charge in [-0.3, -0.25) is 4.79 Å². The highest BCUT2D eigenvalue weighted by atomic mass is 35.5. The molecule has 3 nitrogen and oxygen atoms in total. The van der Waals surface area contributed by atoms with Crippen LogP contribution in [0, 0.1) is 0 Å². The second-order valence-electron chi connectivity index (χ2n) is 5.88. The first-order chi connectivity index (χ1) is 12.7. The van der Waals surface area contributed by atoms with Crippen LogP contribution in [0.1, 0.15) is 11.1 Å². The van der Waals surface area contributed by atoms with E-state index in [0.717, 1.165) is 16.8 Å². The van der Waals surface area contributed by atoms with E-state index >= 15 is 0 Å². The van der Waals surface area contributed by atoms with Gasteiger partial charge < -0.3 is 0 Å². The third-order valence-corrected chi connectivity index (χ3v) is 4.36. The molecule has 0 bridgehead atoms. The normalized spacial score (nSPS) is 15.4. The summed E-state index contributed by atoms with van der Waals surface area (Å²) in [5.41, 5.74) is 3.76. The Morgan fingerprint density at radius 2 is 1.42 bits per heavy atom. The van der Waals surface area contributed by atoms with Crippen molar-refractivity contribution in [3.8, 4) is 0 Å². The number of hydrogen-bond donors (Lipinski definition) is 0. The maximum absolute atomic E-state index is 13.1. The summed E-state index contributed by atoms with van der Waals surface area (Å²) in [5.74, 6) is -0.148. The molecule has 0 N–H and O–H groups in total. The van der Waals surface area contributed by atoms with E-state index in [4.69, 9.17) is 11.6 Å². The molecule has 0 saturated carbocycles. The number of anilines is 1. The van der Waals surface area contributed by atoms with Gasteiger partial charge in [0.15, 0.2) is 0 Å². The van der Waals surface area contributed by atoms with Crippen LogP contribution in [0.4, 0.5) is 5.69 Å². The lowest BCUT2D eigenvalue weighted by Gasteiger charge is -2.10. The molecule has 0 fully saturated rings. The van der Waals surface area contributed by atoms with Crippen molar-refractivity contribution in [3.63, 3.8) is 0 Å². The van der Waals surface area contributed by atoms with E-state index in [1.165, 1.54) is 5.01 Å². The van der Waals surface area contributed by atoms with Gasteiger partial charge in [0.2, 0.25) is 0 Å². The number of benzene rings is 3. The number of halogens is 1. The second-order valence-corrected chi connectivity index (χ2v) is 6.31. The van der Waals surface area contributed by atoms with Crippen molar-refractivity contribution in [1.29, 1.82) is 0 Å². The fourth-order valence-corrected chi connectivity index (χ4v) is 2.95. The summed E-state index contributed by atoms with van der Waals surface area (Å²) in [4.78, 5) is 13.1. The fraction of sp³-hybridized carbons (Fsp3) is 0. The van der Waals surface area contributed by atoms with Gasteiger partial charge in [0, 0.05) is 10.6 Å². The number of para-hydroxylation sites is 1. The van der Waals surface area contributed by atoms with Gasteiger partial charge in [0.05, 0.1) is 11.3 Å². The number of hydrogen-bond acceptors (Lipinski definition) is 2. The summed E-state index contributed by atoms with van der Waals surface area (Å²) in [5, 5.41) is 6.72. The van der Waals surface area contributed by atoms with E-state index < -0.39 is 0 Å². The van der Waals surface area contributed by atoms with Crippen LogP contribution in [0.25, 0.3) is 6.08 Å². The molecule has 1 aliphatic heterocycles. The summed E-state index contributed by atoms with van der Waals surface area (Å²) in [7, 11) is 0. The van der Waals surface area contributed by atoms with Crippen LogP contribution in [0.15, 0.2) is 95.6 Å². The molecular formula is C22H15ClN2O. The van der Waals surface area contributed by atoms with E-state index in [-0.39, 0.29) is 5.91 Å². The molecule has 4 heteroatoms. The Hall–Kier alpha value is -3.17. The quantitative estimate of drug-likeness (QED) is 0.594. The summed E-state index contributed by atoms with van der Waals surface area (Å²) < 4.78 is 0. The van der Waals surface area contributed by atoms with Crippen LogP contribution < -0.4 is 5.01 Å². The van der Waals surface area contributed by atoms with E-state index in [2.05, 4.69) is 5.10 Å². The summed E-state index contributed by atoms with van der Waals surface area (Å²) in [6.07, 6.45) is 1.85. The minimum absolute atomic E-state index is 0.148. The van der Waals surface area contributed by atoms with E-state index in [0.29, 0.717) is 16.3 Å². The van der Waals surface area contributed by atoms with Gasteiger partial charge in [-0.05, 0) is 35.9 Å². The van der Waals surface area contributed by atoms with Crippen LogP contribution >= 0.6 is 11.6 Å². The Balaban J connectivity index is 1.82. The van der Waals surface area contributed by atoms with E-state index in [1.807, 2.05) is 91.0 Å². The molecule has 0 saturated heterocycles. The first kappa shape index (κ1) is 16.3. The van der Waals surface area contributed by atoms with Crippen LogP contribution in [-0.2, 0) is 4.79 Å². The summed E-state index contributed by atoms with van der Waals surface area (Å²) in [6, 6.07) is 26.5. The number of hydrazone groups is 1. The third kappa shape index (κ3) is 3.17. The highest BCUT2D eigenvalue weighted by Gasteiger charge is 2.31. The standard InChI is InChI=1S/C22H15ClN2O/c23-18-13-11-16(12-14-18)15-20-21(17-7-3-1-4-8-17)24-25(22(20)26)19-9-5-2-6-10-19/h1-15H/b20-15+. The van der Waals surface area contributed by atoms with Gasteiger partial charge in [-0.2, -0.15) is 10.1 Å². The van der Waals surface area contributed by atoms with Crippen LogP contribution in [-0.4, -0.2) is 11.6 Å². The molecule has 126 valence electrons. The van der Waals surface area contributed by atoms with Crippen molar-refractivity contribution in [2.45, 2.75) is 0 Å². The minimum Gasteiger partial charge on any atom is -0.267 e. The van der Waals surface area contributed by atoms with Crippen LogP contribution in [0.3, 0.4) is 0 Å². The molecule has 0 spiro atoms. The number of carbonyl (C=O) groups excluding carboxylic acids is 1. The molecule has 3 aromatic rings. The number of rotatable bonds is 3. The zero-order chi connectivity index (χ0) is 17.9. The lowest BCUT2D eigenvalue weighted by atomic mass is 10.0. The predicted molar refractivity (Wildman–Crippen MR) is 106 cm³/mol. The van der Waals surface area contributed by atoms with Gasteiger partial charge in [-0.1, -0.05) is 72.3 Å². The molecule has 4 rings (SSSR count). The average molecular weight is 359 g/mol. The SMILES string of the molecule is O=C1/C(=C/c2ccc(Cl)cc2)C(c2ccccc2)=NN1c1ccccc1. The first-order valence-electron chi connectivity index (χ1n) is 8.23. The molecule has 0 atom stereocenters. The Morgan fingerprint density at radius 1 is 0.808 bits per heavy atom. The maximum Gasteiger partial charge on any atom is 0.281 e. The van der Waals surface area contributed by atoms with Crippen molar-refractivity contribution >= 4 is 35.0 Å². The van der Waals surface area contributed by atoms with Gasteiger partial charge >= 0.3 is 0 Å². The smallest absolute Gasteiger partial charge is 0.267 e. The van der Waals surface area contributed by atoms with Crippen molar-refractivity contribution < 1.29 is 4.79 Å². The van der Waals surface area contributed by atoms with E-state index in [1.54, 1.807) is 0 Å². The molecule has 1 aliphatic rings. The zero-order valence-electron chi connectivity index (χ0n) is 13.8. The van der Waals surface area contributed by atoms with Crippen molar-refractivity contribution in [2.24, 2.45) is 5.10 Å². The minimum atomic E-state index is -0.148. The topological polar surface area (TPSA) is 32.7 Å². The van der Waals surface area contributed by atoms with Crippen molar-refractivity contribution in [3.05, 3.63) is 107 Å². The second kappa shape index (κ2) is 6.98. The van der Waals surface area contributed by atoms with Gasteiger partial charge in [-0.15, -0.1) is 0 Å². The van der Waals surface area contributed by atoms with Gasteiger partial charge in [0.1, 0.15) is 5.71 Å². The molecule has 0 aliphatic carbocycles. The Bertz CT molecular complexity index is 993. The Morgan fingerprint density at radius 3 is 2.08 bits per heavy atom. The molecule has 0 aromatic heterocycles. The molecule has 0 radical (unpaired) electrons. The molecule has 26 heavy (non-hydrogen) atoms. The highest BCUT2D eigenvalue weighted by Crippen LogP contribution is 2.27. The van der Waals surface area contributed by atoms with Gasteiger partial charge in [0.25, 0.3) is 5.91 Å². The molecule has 1 heterocycles. The lowest BCUT2D eigenvalue weighted by Crippen LogP contribution is -2.21. The monoisotopic (exact) mass is 358 g/mol. The third-order valence-electron chi connectivity index (χ3n) is 4.11. The predicted octanol–water partition coefficient (Wildman–Crippen LogP) is 5.17. The van der Waals surface area contributed by atoms with E-state index in [9.17, 15) is 4.79 Å². The summed E-state index contributed by atoms with van der Waals surface area (Å²) >= 11 is 5.97. The Labute approximate surface area is 156 Å². The molecular weight excluding hydrogens is 344 g/mol. The van der Waals surface area contributed by atoms with Crippen LogP contribution in [0.5, 0.6) is 0 Å². The largest absolute Gasteiger partial charge is 0.281 e. The van der Waals surface area contributed by atoms with Crippen molar-refractivity contribution in [1.82, 2.24) is 0 Å². The lowest BCUT2D eigenvalue weighted by molar-refractivity contribution is -0.114. The average Bonchev–Trinajstić information content (AvgIpc) is 3.01. The summed E-state index contributed by atoms with van der Waals surface area (Å²) in [6.45, 7) is 0. The number of carbonyl (C=O) groups is 1.